The molecule has 1 heterocycles. The number of nitrogens with one attached hydrogen (secondary N) is 2. The van der Waals surface area contributed by atoms with E-state index in [-0.39, 0.29) is 12.1 Å². The van der Waals surface area contributed by atoms with Crippen molar-refractivity contribution < 1.29 is 0 Å². The van der Waals surface area contributed by atoms with Crippen LogP contribution in [-0.4, -0.2) is 22.0 Å². The molecule has 1 fully saturated rings. The van der Waals surface area contributed by atoms with Gasteiger partial charge in [0.2, 0.25) is 0 Å². The standard InChI is InChI=1S/C10H15N5O/c1-6-12-4-7(9(16)14-6)5-13-10(11)15-8-2-3-8/h4,8H,2-3,5H2,1H3,(H3,11,13,15)(H,12,14,16). The highest BCUT2D eigenvalue weighted by Crippen LogP contribution is 2.17. The van der Waals surface area contributed by atoms with Gasteiger partial charge in [-0.15, -0.1) is 0 Å². The number of guanidine groups is 1. The van der Waals surface area contributed by atoms with Crippen molar-refractivity contribution >= 4 is 5.96 Å². The monoisotopic (exact) mass is 221 g/mol. The molecule has 0 amide bonds. The molecule has 6 heteroatoms. The summed E-state index contributed by atoms with van der Waals surface area (Å²) >= 11 is 0. The molecule has 1 aromatic heterocycles. The lowest BCUT2D eigenvalue weighted by Gasteiger charge is -2.02. The molecule has 0 radical (unpaired) electrons. The second-order valence-electron chi connectivity index (χ2n) is 3.94. The molecule has 16 heavy (non-hydrogen) atoms. The van der Waals surface area contributed by atoms with Crippen molar-refractivity contribution in [1.82, 2.24) is 15.3 Å². The van der Waals surface area contributed by atoms with Crippen LogP contribution in [0.5, 0.6) is 0 Å². The van der Waals surface area contributed by atoms with Gasteiger partial charge in [0.25, 0.3) is 5.56 Å². The first kappa shape index (κ1) is 10.7. The Morgan fingerprint density at radius 3 is 3.12 bits per heavy atom. The highest BCUT2D eigenvalue weighted by atomic mass is 16.1. The Morgan fingerprint density at radius 2 is 2.50 bits per heavy atom. The number of nitrogens with zero attached hydrogens (tertiary/aromatic N) is 2. The smallest absolute Gasteiger partial charge is 0.255 e. The van der Waals surface area contributed by atoms with Gasteiger partial charge in [-0.25, -0.2) is 9.98 Å². The molecule has 4 N–H and O–H groups in total. The third-order valence-corrected chi connectivity index (χ3v) is 2.35. The number of H-pyrrole nitrogens is 1. The Bertz CT molecular complexity index is 461. The Balaban J connectivity index is 2.00. The molecule has 86 valence electrons. The minimum absolute atomic E-state index is 0.157. The molecule has 1 aliphatic rings. The van der Waals surface area contributed by atoms with E-state index in [9.17, 15) is 4.79 Å². The maximum atomic E-state index is 11.5. The number of aromatic amines is 1. The van der Waals surface area contributed by atoms with Gasteiger partial charge in [-0.2, -0.15) is 0 Å². The van der Waals surface area contributed by atoms with Gasteiger partial charge < -0.3 is 16.0 Å². The summed E-state index contributed by atoms with van der Waals surface area (Å²) in [5.74, 6) is 0.990. The number of nitrogens with two attached hydrogens (primary N) is 1. The van der Waals surface area contributed by atoms with Crippen molar-refractivity contribution in [2.45, 2.75) is 32.4 Å². The Kier molecular flexibility index (Phi) is 2.89. The average molecular weight is 221 g/mol. The van der Waals surface area contributed by atoms with Crippen LogP contribution in [0.3, 0.4) is 0 Å². The van der Waals surface area contributed by atoms with E-state index in [1.807, 2.05) is 0 Å². The summed E-state index contributed by atoms with van der Waals surface area (Å²) in [4.78, 5) is 22.2. The number of aliphatic imine (C=N–C) groups is 1. The molecule has 0 aliphatic heterocycles. The second kappa shape index (κ2) is 4.34. The van der Waals surface area contributed by atoms with Gasteiger partial charge >= 0.3 is 0 Å². The van der Waals surface area contributed by atoms with E-state index in [2.05, 4.69) is 20.3 Å². The van der Waals surface area contributed by atoms with E-state index < -0.39 is 0 Å². The van der Waals surface area contributed by atoms with Crippen LogP contribution >= 0.6 is 0 Å². The maximum absolute atomic E-state index is 11.5. The van der Waals surface area contributed by atoms with Crippen LogP contribution in [-0.2, 0) is 6.54 Å². The van der Waals surface area contributed by atoms with Crippen LogP contribution in [0.2, 0.25) is 0 Å². The Labute approximate surface area is 93.0 Å². The number of rotatable bonds is 3. The van der Waals surface area contributed by atoms with Crippen molar-refractivity contribution in [2.75, 3.05) is 0 Å². The van der Waals surface area contributed by atoms with E-state index >= 15 is 0 Å². The zero-order valence-electron chi connectivity index (χ0n) is 9.16. The highest BCUT2D eigenvalue weighted by Gasteiger charge is 2.21. The lowest BCUT2D eigenvalue weighted by Crippen LogP contribution is -2.33. The molecule has 0 aromatic carbocycles. The fraction of sp³-hybridized carbons (Fsp3) is 0.500. The fourth-order valence-electron chi connectivity index (χ4n) is 1.28. The van der Waals surface area contributed by atoms with Gasteiger partial charge in [-0.1, -0.05) is 0 Å². The molecular formula is C10H15N5O. The molecule has 1 aromatic rings. The van der Waals surface area contributed by atoms with Crippen molar-refractivity contribution in [3.8, 4) is 0 Å². The van der Waals surface area contributed by atoms with Gasteiger partial charge in [0.1, 0.15) is 5.82 Å². The minimum atomic E-state index is -0.157. The third kappa shape index (κ3) is 2.82. The summed E-state index contributed by atoms with van der Waals surface area (Å²) in [6, 6.07) is 0.471. The summed E-state index contributed by atoms with van der Waals surface area (Å²) in [7, 11) is 0. The van der Waals surface area contributed by atoms with Crippen LogP contribution in [0, 0.1) is 6.92 Å². The lowest BCUT2D eigenvalue weighted by atomic mass is 10.3. The van der Waals surface area contributed by atoms with Crippen LogP contribution in [0.1, 0.15) is 24.2 Å². The van der Waals surface area contributed by atoms with Crippen LogP contribution in [0.25, 0.3) is 0 Å². The minimum Gasteiger partial charge on any atom is -0.370 e. The number of hydrogen-bond donors (Lipinski definition) is 3. The van der Waals surface area contributed by atoms with Crippen LogP contribution < -0.4 is 16.6 Å². The first-order valence-corrected chi connectivity index (χ1v) is 5.26. The van der Waals surface area contributed by atoms with Crippen molar-refractivity contribution in [3.05, 3.63) is 27.9 Å². The van der Waals surface area contributed by atoms with Crippen molar-refractivity contribution in [3.63, 3.8) is 0 Å². The van der Waals surface area contributed by atoms with E-state index in [1.165, 1.54) is 6.20 Å². The van der Waals surface area contributed by atoms with E-state index in [1.54, 1.807) is 6.92 Å². The number of aromatic nitrogens is 2. The first-order valence-electron chi connectivity index (χ1n) is 5.26. The largest absolute Gasteiger partial charge is 0.370 e. The molecule has 0 bridgehead atoms. The molecule has 0 saturated heterocycles. The van der Waals surface area contributed by atoms with E-state index in [0.717, 1.165) is 12.8 Å². The Hall–Kier alpha value is -1.85. The summed E-state index contributed by atoms with van der Waals surface area (Å²) in [5.41, 5.74) is 6.01. The summed E-state index contributed by atoms with van der Waals surface area (Å²) in [5, 5.41) is 3.05. The van der Waals surface area contributed by atoms with Gasteiger partial charge in [0, 0.05) is 12.2 Å². The zero-order chi connectivity index (χ0) is 11.5. The molecule has 1 saturated carbocycles. The van der Waals surface area contributed by atoms with Gasteiger partial charge in [-0.05, 0) is 19.8 Å². The highest BCUT2D eigenvalue weighted by molar-refractivity contribution is 5.78. The number of hydrogen-bond acceptors (Lipinski definition) is 3. The predicted octanol–water partition coefficient (Wildman–Crippen LogP) is -0.355. The van der Waals surface area contributed by atoms with Crippen LogP contribution in [0.15, 0.2) is 16.0 Å². The van der Waals surface area contributed by atoms with E-state index in [0.29, 0.717) is 23.4 Å². The normalized spacial score (nSPS) is 16.2. The van der Waals surface area contributed by atoms with Crippen molar-refractivity contribution in [2.24, 2.45) is 10.7 Å². The van der Waals surface area contributed by atoms with Gasteiger partial charge in [-0.3, -0.25) is 4.79 Å². The maximum Gasteiger partial charge on any atom is 0.255 e. The van der Waals surface area contributed by atoms with Crippen LogP contribution in [0.4, 0.5) is 0 Å². The zero-order valence-corrected chi connectivity index (χ0v) is 9.16. The third-order valence-electron chi connectivity index (χ3n) is 2.35. The second-order valence-corrected chi connectivity index (χ2v) is 3.94. The van der Waals surface area contributed by atoms with E-state index in [4.69, 9.17) is 5.73 Å². The van der Waals surface area contributed by atoms with Gasteiger partial charge in [0.05, 0.1) is 12.1 Å². The molecule has 0 unspecified atom stereocenters. The SMILES string of the molecule is Cc1ncc(CN=C(N)NC2CC2)c(=O)[nH]1. The quantitative estimate of drug-likeness (QED) is 0.480. The lowest BCUT2D eigenvalue weighted by molar-refractivity contribution is 0.869. The first-order chi connectivity index (χ1) is 7.65. The molecule has 6 nitrogen and oxygen atoms in total. The van der Waals surface area contributed by atoms with Crippen molar-refractivity contribution in [1.29, 1.82) is 0 Å². The van der Waals surface area contributed by atoms with Gasteiger partial charge in [0.15, 0.2) is 5.96 Å². The fourth-order valence-corrected chi connectivity index (χ4v) is 1.28. The molecule has 0 spiro atoms. The molecule has 1 aliphatic carbocycles. The topological polar surface area (TPSA) is 96.2 Å². The average Bonchev–Trinajstić information content (AvgIpc) is 3.00. The molecule has 2 rings (SSSR count). The summed E-state index contributed by atoms with van der Waals surface area (Å²) in [6.07, 6.45) is 3.81. The predicted molar refractivity (Wildman–Crippen MR) is 61.1 cm³/mol. The molecule has 0 atom stereocenters. The number of aryl methyl sites for hydroxylation is 1. The summed E-state index contributed by atoms with van der Waals surface area (Å²) in [6.45, 7) is 1.99. The molecular weight excluding hydrogens is 206 g/mol. The summed E-state index contributed by atoms with van der Waals surface area (Å²) < 4.78 is 0. The Morgan fingerprint density at radius 1 is 1.75 bits per heavy atom.